The molecular weight excluding hydrogens is 564 g/mol. The molecule has 1 atom stereocenters. The van der Waals surface area contributed by atoms with Crippen LogP contribution in [0.5, 0.6) is 0 Å². The molecule has 10 nitrogen and oxygen atoms in total. The number of aromatic nitrogens is 3. The fraction of sp³-hybridized carbons (Fsp3) is 0.600. The third kappa shape index (κ3) is 11.5. The fourth-order valence-electron chi connectivity index (χ4n) is 4.66. The number of rotatable bonds is 5. The largest absolute Gasteiger partial charge is 0.490 e. The number of alkyl halides is 6. The van der Waals surface area contributed by atoms with Gasteiger partial charge in [0.05, 0.1) is 12.8 Å². The molecule has 0 radical (unpaired) electrons. The first-order valence-corrected chi connectivity index (χ1v) is 12.8. The second-order valence-electron chi connectivity index (χ2n) is 9.76. The van der Waals surface area contributed by atoms with Gasteiger partial charge in [0.15, 0.2) is 0 Å². The summed E-state index contributed by atoms with van der Waals surface area (Å²) in [6.07, 6.45) is -3.27. The number of halogens is 6. The van der Waals surface area contributed by atoms with E-state index in [4.69, 9.17) is 24.9 Å². The number of likely N-dealkylation sites (tertiary alicyclic amines) is 1. The van der Waals surface area contributed by atoms with E-state index in [9.17, 15) is 26.3 Å². The fourth-order valence-corrected chi connectivity index (χ4v) is 4.66. The van der Waals surface area contributed by atoms with E-state index in [-0.39, 0.29) is 6.61 Å². The minimum absolute atomic E-state index is 0.0314. The molecule has 2 saturated heterocycles. The van der Waals surface area contributed by atoms with Crippen LogP contribution in [-0.4, -0.2) is 91.7 Å². The second kappa shape index (κ2) is 15.0. The molecule has 2 aromatic rings. The van der Waals surface area contributed by atoms with E-state index in [2.05, 4.69) is 51.3 Å². The van der Waals surface area contributed by atoms with Crippen molar-refractivity contribution < 1.29 is 51.3 Å². The zero-order chi connectivity index (χ0) is 30.8. The Morgan fingerprint density at radius 2 is 1.56 bits per heavy atom. The van der Waals surface area contributed by atoms with Gasteiger partial charge in [-0.15, -0.1) is 5.10 Å². The van der Waals surface area contributed by atoms with Crippen molar-refractivity contribution in [3.8, 4) is 0 Å². The molecule has 0 bridgehead atoms. The van der Waals surface area contributed by atoms with Gasteiger partial charge in [-0.25, -0.2) is 9.59 Å². The van der Waals surface area contributed by atoms with Crippen molar-refractivity contribution in [1.29, 1.82) is 0 Å². The van der Waals surface area contributed by atoms with Crippen LogP contribution in [0.1, 0.15) is 36.9 Å². The van der Waals surface area contributed by atoms with Crippen LogP contribution in [0.25, 0.3) is 0 Å². The molecule has 1 unspecified atom stereocenters. The molecule has 1 aromatic carbocycles. The number of carboxylic acid groups (broad SMARTS) is 2. The highest BCUT2D eigenvalue weighted by atomic mass is 19.4. The smallest absolute Gasteiger partial charge is 0.475 e. The minimum atomic E-state index is -5.08. The van der Waals surface area contributed by atoms with Crippen molar-refractivity contribution in [2.24, 2.45) is 5.92 Å². The number of aryl methyl sites for hydroxylation is 1. The Bertz CT molecular complexity index is 1090. The predicted molar refractivity (Wildman–Crippen MR) is 134 cm³/mol. The van der Waals surface area contributed by atoms with Gasteiger partial charge in [-0.1, -0.05) is 17.3 Å². The monoisotopic (exact) mass is 597 g/mol. The average Bonchev–Trinajstić information content (AvgIpc) is 3.36. The van der Waals surface area contributed by atoms with E-state index in [1.54, 1.807) is 0 Å². The zero-order valence-corrected chi connectivity index (χ0v) is 22.3. The number of aliphatic hydroxyl groups is 1. The molecular formula is C25H33F6N5O5. The number of nitrogens with zero attached hydrogens (tertiary/aromatic N) is 5. The van der Waals surface area contributed by atoms with E-state index in [1.807, 2.05) is 10.9 Å². The number of aliphatic carboxylic acids is 2. The SMILES string of the molecule is Cc1cccc(N2CCC(N3CCCC(Cn4cc(CO)nn4)C3)CC2)c1.O=C(O)C(F)(F)F.O=C(O)C(F)(F)F. The van der Waals surface area contributed by atoms with Crippen LogP contribution in [0.3, 0.4) is 0 Å². The molecule has 16 heteroatoms. The number of hydrogen-bond donors (Lipinski definition) is 3. The van der Waals surface area contributed by atoms with Crippen LogP contribution in [0, 0.1) is 12.8 Å². The topological polar surface area (TPSA) is 132 Å². The second-order valence-corrected chi connectivity index (χ2v) is 9.76. The van der Waals surface area contributed by atoms with Gasteiger partial charge < -0.3 is 20.2 Å². The first kappa shape index (κ1) is 33.8. The van der Waals surface area contributed by atoms with Crippen LogP contribution in [0.15, 0.2) is 30.5 Å². The summed E-state index contributed by atoms with van der Waals surface area (Å²) < 4.78 is 65.4. The Labute approximate surface area is 232 Å². The van der Waals surface area contributed by atoms with Gasteiger partial charge in [0, 0.05) is 37.9 Å². The van der Waals surface area contributed by atoms with Gasteiger partial charge in [-0.2, -0.15) is 26.3 Å². The summed E-state index contributed by atoms with van der Waals surface area (Å²) in [6.45, 7) is 7.73. The molecule has 2 fully saturated rings. The Morgan fingerprint density at radius 3 is 2.05 bits per heavy atom. The van der Waals surface area contributed by atoms with Crippen LogP contribution >= 0.6 is 0 Å². The number of hydrogen-bond acceptors (Lipinski definition) is 7. The summed E-state index contributed by atoms with van der Waals surface area (Å²) >= 11 is 0. The Kier molecular flexibility index (Phi) is 12.4. The van der Waals surface area contributed by atoms with Gasteiger partial charge >= 0.3 is 24.3 Å². The van der Waals surface area contributed by atoms with Crippen LogP contribution in [0.2, 0.25) is 0 Å². The van der Waals surface area contributed by atoms with Gasteiger partial charge in [-0.05, 0) is 62.8 Å². The van der Waals surface area contributed by atoms with E-state index in [0.29, 0.717) is 17.7 Å². The summed E-state index contributed by atoms with van der Waals surface area (Å²) in [5.74, 6) is -4.89. The van der Waals surface area contributed by atoms with Crippen molar-refractivity contribution in [2.75, 3.05) is 31.1 Å². The molecule has 2 aliphatic heterocycles. The summed E-state index contributed by atoms with van der Waals surface area (Å²) in [4.78, 5) is 23.0. The zero-order valence-electron chi connectivity index (χ0n) is 22.3. The van der Waals surface area contributed by atoms with Crippen molar-refractivity contribution >= 4 is 17.6 Å². The third-order valence-electron chi connectivity index (χ3n) is 6.58. The number of carbonyl (C=O) groups is 2. The molecule has 3 heterocycles. The highest BCUT2D eigenvalue weighted by Gasteiger charge is 2.39. The first-order valence-electron chi connectivity index (χ1n) is 12.8. The summed E-state index contributed by atoms with van der Waals surface area (Å²) in [7, 11) is 0. The quantitative estimate of drug-likeness (QED) is 0.441. The van der Waals surface area contributed by atoms with Crippen LogP contribution < -0.4 is 4.90 Å². The Morgan fingerprint density at radius 1 is 0.976 bits per heavy atom. The molecule has 0 amide bonds. The maximum Gasteiger partial charge on any atom is 0.490 e. The highest BCUT2D eigenvalue weighted by Crippen LogP contribution is 2.27. The van der Waals surface area contributed by atoms with Crippen LogP contribution in [0.4, 0.5) is 32.0 Å². The number of carboxylic acids is 2. The Hall–Kier alpha value is -3.40. The first-order chi connectivity index (χ1) is 19.1. The van der Waals surface area contributed by atoms with E-state index < -0.39 is 24.3 Å². The maximum atomic E-state index is 10.6. The lowest BCUT2D eigenvalue weighted by Gasteiger charge is -2.43. The van der Waals surface area contributed by atoms with Crippen molar-refractivity contribution in [3.63, 3.8) is 0 Å². The lowest BCUT2D eigenvalue weighted by molar-refractivity contribution is -0.193. The molecule has 41 heavy (non-hydrogen) atoms. The lowest BCUT2D eigenvalue weighted by Crippen LogP contribution is -2.49. The van der Waals surface area contributed by atoms with Gasteiger partial charge in [-0.3, -0.25) is 9.58 Å². The lowest BCUT2D eigenvalue weighted by atomic mass is 9.93. The van der Waals surface area contributed by atoms with Gasteiger partial charge in [0.1, 0.15) is 5.69 Å². The number of piperidine rings is 2. The summed E-state index contributed by atoms with van der Waals surface area (Å²) in [5, 5.41) is 31.6. The summed E-state index contributed by atoms with van der Waals surface area (Å²) in [6, 6.07) is 9.58. The molecule has 0 saturated carbocycles. The van der Waals surface area contributed by atoms with Crippen molar-refractivity contribution in [3.05, 3.63) is 41.7 Å². The molecule has 4 rings (SSSR count). The highest BCUT2D eigenvalue weighted by molar-refractivity contribution is 5.73. The molecule has 3 N–H and O–H groups in total. The number of anilines is 1. The molecule has 2 aliphatic rings. The van der Waals surface area contributed by atoms with Crippen LogP contribution in [-0.2, 0) is 22.7 Å². The molecule has 1 aromatic heterocycles. The predicted octanol–water partition coefficient (Wildman–Crippen LogP) is 3.73. The van der Waals surface area contributed by atoms with Crippen molar-refractivity contribution in [2.45, 2.75) is 64.2 Å². The standard InChI is InChI=1S/C21H31N5O.2C2HF3O2/c1-17-4-2-6-21(12-17)24-10-7-20(8-11-24)25-9-3-5-18(13-25)14-26-15-19(16-27)22-23-26;2*3-2(4,5)1(6)7/h2,4,6,12,15,18,20,27H,3,5,7-11,13-14,16H2,1H3;2*(H,6,7). The van der Waals surface area contributed by atoms with Gasteiger partial charge in [0.25, 0.3) is 0 Å². The molecule has 0 spiro atoms. The molecule has 230 valence electrons. The number of aliphatic hydroxyl groups excluding tert-OH is 1. The van der Waals surface area contributed by atoms with Crippen molar-refractivity contribution in [1.82, 2.24) is 19.9 Å². The molecule has 0 aliphatic carbocycles. The van der Waals surface area contributed by atoms with E-state index >= 15 is 0 Å². The number of benzene rings is 1. The van der Waals surface area contributed by atoms with Gasteiger partial charge in [0.2, 0.25) is 0 Å². The minimum Gasteiger partial charge on any atom is -0.475 e. The van der Waals surface area contributed by atoms with E-state index in [0.717, 1.165) is 26.2 Å². The van der Waals surface area contributed by atoms with E-state index in [1.165, 1.54) is 43.5 Å². The maximum absolute atomic E-state index is 10.6. The Balaban J connectivity index is 0.000000349. The summed E-state index contributed by atoms with van der Waals surface area (Å²) in [5.41, 5.74) is 3.37. The third-order valence-corrected chi connectivity index (χ3v) is 6.58. The normalized spacial score (nSPS) is 18.5. The average molecular weight is 598 g/mol.